The molecule has 0 aliphatic heterocycles. The zero-order valence-corrected chi connectivity index (χ0v) is 14.6. The van der Waals surface area contributed by atoms with Crippen molar-refractivity contribution in [2.24, 2.45) is 0 Å². The van der Waals surface area contributed by atoms with E-state index in [9.17, 15) is 9.59 Å². The number of hydrogen-bond acceptors (Lipinski definition) is 2. The summed E-state index contributed by atoms with van der Waals surface area (Å²) in [5.41, 5.74) is 0.685. The number of aromatic nitrogens is 1. The molecule has 7 heteroatoms. The first-order valence-corrected chi connectivity index (χ1v) is 8.07. The van der Waals surface area contributed by atoms with Gasteiger partial charge in [0.2, 0.25) is 5.91 Å². The number of carbonyl (C=O) groups is 1. The second-order valence-electron chi connectivity index (χ2n) is 4.65. The maximum absolute atomic E-state index is 11.9. The highest BCUT2D eigenvalue weighted by Crippen LogP contribution is 2.20. The smallest absolute Gasteiger partial charge is 0.251 e. The first-order valence-electron chi connectivity index (χ1n) is 6.52. The summed E-state index contributed by atoms with van der Waals surface area (Å²) in [4.78, 5) is 23.5. The topological polar surface area (TPSA) is 51.1 Å². The van der Waals surface area contributed by atoms with Crippen LogP contribution in [0, 0.1) is 0 Å². The lowest BCUT2D eigenvalue weighted by Gasteiger charge is -2.09. The van der Waals surface area contributed by atoms with Gasteiger partial charge in [-0.1, -0.05) is 29.3 Å². The number of pyridine rings is 1. The van der Waals surface area contributed by atoms with E-state index in [0.717, 1.165) is 10.0 Å². The van der Waals surface area contributed by atoms with Gasteiger partial charge in [0.15, 0.2) is 0 Å². The Morgan fingerprint density at radius 2 is 2.00 bits per heavy atom. The maximum Gasteiger partial charge on any atom is 0.251 e. The number of halogens is 3. The number of benzene rings is 1. The van der Waals surface area contributed by atoms with Crippen molar-refractivity contribution < 1.29 is 4.79 Å². The van der Waals surface area contributed by atoms with Gasteiger partial charge in [-0.05, 0) is 46.1 Å². The molecule has 0 fully saturated rings. The molecule has 1 aromatic heterocycles. The highest BCUT2D eigenvalue weighted by atomic mass is 79.9. The summed E-state index contributed by atoms with van der Waals surface area (Å²) in [7, 11) is 0. The van der Waals surface area contributed by atoms with Gasteiger partial charge in [-0.2, -0.15) is 0 Å². The van der Waals surface area contributed by atoms with Crippen molar-refractivity contribution >= 4 is 45.0 Å². The lowest BCUT2D eigenvalue weighted by Crippen LogP contribution is -2.33. The SMILES string of the molecule is O=C(Cn1cc(Br)ccc1=O)NCCc1ccc(Cl)cc1Cl. The molecule has 4 nitrogen and oxygen atoms in total. The minimum Gasteiger partial charge on any atom is -0.354 e. The molecule has 0 bridgehead atoms. The van der Waals surface area contributed by atoms with E-state index < -0.39 is 0 Å². The lowest BCUT2D eigenvalue weighted by molar-refractivity contribution is -0.121. The first kappa shape index (κ1) is 17.1. The van der Waals surface area contributed by atoms with E-state index in [0.29, 0.717) is 23.0 Å². The van der Waals surface area contributed by atoms with Crippen molar-refractivity contribution in [3.05, 3.63) is 67.0 Å². The molecule has 0 spiro atoms. The number of amides is 1. The van der Waals surface area contributed by atoms with E-state index in [1.807, 2.05) is 6.07 Å². The van der Waals surface area contributed by atoms with Gasteiger partial charge < -0.3 is 9.88 Å². The Balaban J connectivity index is 1.88. The van der Waals surface area contributed by atoms with Gasteiger partial charge in [0.25, 0.3) is 5.56 Å². The number of hydrogen-bond donors (Lipinski definition) is 1. The first-order chi connectivity index (χ1) is 10.5. The van der Waals surface area contributed by atoms with Crippen molar-refractivity contribution in [2.75, 3.05) is 6.54 Å². The van der Waals surface area contributed by atoms with E-state index in [2.05, 4.69) is 21.2 Å². The van der Waals surface area contributed by atoms with Crippen LogP contribution in [0.15, 0.2) is 45.8 Å². The summed E-state index contributed by atoms with van der Waals surface area (Å²) in [6.07, 6.45) is 2.17. The summed E-state index contributed by atoms with van der Waals surface area (Å²) >= 11 is 15.2. The minimum absolute atomic E-state index is 0.0212. The van der Waals surface area contributed by atoms with Crippen LogP contribution in [0.25, 0.3) is 0 Å². The number of nitrogens with one attached hydrogen (secondary N) is 1. The summed E-state index contributed by atoms with van der Waals surface area (Å²) in [6.45, 7) is 0.412. The largest absolute Gasteiger partial charge is 0.354 e. The quantitative estimate of drug-likeness (QED) is 0.832. The van der Waals surface area contributed by atoms with Gasteiger partial charge in [0, 0.05) is 33.3 Å². The standard InChI is InChI=1S/C15H13BrCl2N2O2/c16-11-2-4-15(22)20(8-11)9-14(21)19-6-5-10-1-3-12(17)7-13(10)18/h1-4,7-8H,5-6,9H2,(H,19,21). The van der Waals surface area contributed by atoms with E-state index >= 15 is 0 Å². The zero-order valence-electron chi connectivity index (χ0n) is 11.5. The van der Waals surface area contributed by atoms with Gasteiger partial charge in [-0.15, -0.1) is 0 Å². The Kier molecular flexibility index (Phi) is 6.06. The molecule has 2 aromatic rings. The van der Waals surface area contributed by atoms with Crippen molar-refractivity contribution in [1.82, 2.24) is 9.88 Å². The van der Waals surface area contributed by atoms with Crippen LogP contribution in [0.5, 0.6) is 0 Å². The third-order valence-electron chi connectivity index (χ3n) is 2.99. The second kappa shape index (κ2) is 7.81. The number of rotatable bonds is 5. The zero-order chi connectivity index (χ0) is 16.1. The summed E-state index contributed by atoms with van der Waals surface area (Å²) in [5.74, 6) is -0.231. The highest BCUT2D eigenvalue weighted by molar-refractivity contribution is 9.10. The Labute approximate surface area is 146 Å². The molecule has 22 heavy (non-hydrogen) atoms. The molecule has 116 valence electrons. The van der Waals surface area contributed by atoms with E-state index in [1.54, 1.807) is 24.4 Å². The molecule has 0 atom stereocenters. The minimum atomic E-state index is -0.231. The number of nitrogens with zero attached hydrogens (tertiary/aromatic N) is 1. The van der Waals surface area contributed by atoms with Crippen LogP contribution in [-0.2, 0) is 17.8 Å². The van der Waals surface area contributed by atoms with Crippen LogP contribution >= 0.6 is 39.1 Å². The van der Waals surface area contributed by atoms with Crippen LogP contribution < -0.4 is 10.9 Å². The van der Waals surface area contributed by atoms with Gasteiger partial charge in [-0.25, -0.2) is 0 Å². The normalized spacial score (nSPS) is 10.5. The predicted molar refractivity (Wildman–Crippen MR) is 91.6 cm³/mol. The Morgan fingerprint density at radius 1 is 1.23 bits per heavy atom. The summed E-state index contributed by atoms with van der Waals surface area (Å²) < 4.78 is 2.09. The fraction of sp³-hybridized carbons (Fsp3) is 0.200. The molecular weight excluding hydrogens is 391 g/mol. The number of carbonyl (C=O) groups excluding carboxylic acids is 1. The monoisotopic (exact) mass is 402 g/mol. The van der Waals surface area contributed by atoms with Gasteiger partial charge in [0.05, 0.1) is 0 Å². The second-order valence-corrected chi connectivity index (χ2v) is 6.41. The van der Waals surface area contributed by atoms with Crippen LogP contribution in [0.4, 0.5) is 0 Å². The van der Waals surface area contributed by atoms with Crippen LogP contribution in [0.2, 0.25) is 10.0 Å². The highest BCUT2D eigenvalue weighted by Gasteiger charge is 2.06. The average molecular weight is 404 g/mol. The molecule has 0 aliphatic carbocycles. The molecule has 0 radical (unpaired) electrons. The third-order valence-corrected chi connectivity index (χ3v) is 4.05. The Hall–Kier alpha value is -1.30. The van der Waals surface area contributed by atoms with Gasteiger partial charge in [0.1, 0.15) is 6.54 Å². The van der Waals surface area contributed by atoms with Crippen LogP contribution in [0.3, 0.4) is 0 Å². The average Bonchev–Trinajstić information content (AvgIpc) is 2.45. The lowest BCUT2D eigenvalue weighted by atomic mass is 10.1. The third kappa shape index (κ3) is 4.87. The van der Waals surface area contributed by atoms with Crippen LogP contribution in [-0.4, -0.2) is 17.0 Å². The van der Waals surface area contributed by atoms with E-state index in [1.165, 1.54) is 10.6 Å². The maximum atomic E-state index is 11.9. The van der Waals surface area contributed by atoms with Crippen molar-refractivity contribution in [3.8, 4) is 0 Å². The van der Waals surface area contributed by atoms with Crippen molar-refractivity contribution in [3.63, 3.8) is 0 Å². The van der Waals surface area contributed by atoms with E-state index in [4.69, 9.17) is 23.2 Å². The Bertz CT molecular complexity index is 747. The molecule has 0 aliphatic rings. The molecule has 2 rings (SSSR count). The predicted octanol–water partition coefficient (Wildman–Crippen LogP) is 3.28. The fourth-order valence-corrected chi connectivity index (χ4v) is 2.78. The molecular formula is C15H13BrCl2N2O2. The summed E-state index contributed by atoms with van der Waals surface area (Å²) in [5, 5.41) is 3.91. The fourth-order valence-electron chi connectivity index (χ4n) is 1.90. The van der Waals surface area contributed by atoms with Crippen LogP contribution in [0.1, 0.15) is 5.56 Å². The van der Waals surface area contributed by atoms with Crippen molar-refractivity contribution in [2.45, 2.75) is 13.0 Å². The summed E-state index contributed by atoms with van der Waals surface area (Å²) in [6, 6.07) is 8.30. The van der Waals surface area contributed by atoms with Crippen molar-refractivity contribution in [1.29, 1.82) is 0 Å². The molecule has 1 amide bonds. The molecule has 1 aromatic carbocycles. The molecule has 0 saturated carbocycles. The van der Waals surface area contributed by atoms with Gasteiger partial charge >= 0.3 is 0 Å². The van der Waals surface area contributed by atoms with E-state index in [-0.39, 0.29) is 18.0 Å². The molecule has 1 heterocycles. The van der Waals surface area contributed by atoms with Gasteiger partial charge in [-0.3, -0.25) is 9.59 Å². The Morgan fingerprint density at radius 3 is 2.73 bits per heavy atom. The molecule has 1 N–H and O–H groups in total. The molecule has 0 saturated heterocycles. The molecule has 0 unspecified atom stereocenters.